The van der Waals surface area contributed by atoms with Crippen molar-refractivity contribution in [2.24, 2.45) is 0 Å². The molecule has 2 aromatic rings. The summed E-state index contributed by atoms with van der Waals surface area (Å²) < 4.78 is 44.4. The molecule has 1 N–H and O–H groups in total. The lowest BCUT2D eigenvalue weighted by Gasteiger charge is -2.41. The number of halogens is 3. The van der Waals surface area contributed by atoms with E-state index < -0.39 is 24.2 Å². The maximum atomic E-state index is 12.6. The van der Waals surface area contributed by atoms with E-state index in [1.807, 2.05) is 5.32 Å². The van der Waals surface area contributed by atoms with Crippen LogP contribution in [0.25, 0.3) is 0 Å². The molecule has 1 aliphatic rings. The molecule has 1 saturated heterocycles. The monoisotopic (exact) mass is 384 g/mol. The van der Waals surface area contributed by atoms with Gasteiger partial charge in [-0.25, -0.2) is 4.98 Å². The third-order valence-electron chi connectivity index (χ3n) is 4.70. The Kier molecular flexibility index (Phi) is 4.99. The molecule has 1 fully saturated rings. The highest BCUT2D eigenvalue weighted by Crippen LogP contribution is 2.31. The topological polar surface area (TPSA) is 80.4 Å². The maximum absolute atomic E-state index is 12.6. The second-order valence-corrected chi connectivity index (χ2v) is 6.50. The Morgan fingerprint density at radius 3 is 2.52 bits per heavy atom. The summed E-state index contributed by atoms with van der Waals surface area (Å²) in [6, 6.07) is 3.25. The number of hydrogen-bond donors (Lipinski definition) is 1. The van der Waals surface area contributed by atoms with Gasteiger partial charge in [0.2, 0.25) is 5.91 Å². The van der Waals surface area contributed by atoms with Crippen molar-refractivity contribution in [2.75, 3.05) is 19.6 Å². The number of furan rings is 1. The fourth-order valence-corrected chi connectivity index (χ4v) is 3.24. The number of rotatable bonds is 4. The fourth-order valence-electron chi connectivity index (χ4n) is 3.24. The van der Waals surface area contributed by atoms with Crippen LogP contribution in [0.3, 0.4) is 0 Å². The van der Waals surface area contributed by atoms with Gasteiger partial charge in [-0.05, 0) is 31.9 Å². The largest absolute Gasteiger partial charge is 0.456 e. The summed E-state index contributed by atoms with van der Waals surface area (Å²) in [5.74, 6) is -0.240. The minimum Gasteiger partial charge on any atom is -0.456 e. The van der Waals surface area contributed by atoms with Crippen molar-refractivity contribution in [1.29, 1.82) is 0 Å². The lowest BCUT2D eigenvalue weighted by molar-refractivity contribution is -0.145. The Bertz CT molecular complexity index is 806. The van der Waals surface area contributed by atoms with E-state index in [1.54, 1.807) is 25.3 Å². The first-order chi connectivity index (χ1) is 12.7. The van der Waals surface area contributed by atoms with Gasteiger partial charge < -0.3 is 19.2 Å². The summed E-state index contributed by atoms with van der Waals surface area (Å²) in [5, 5.41) is 1.97. The Morgan fingerprint density at radius 2 is 2.00 bits per heavy atom. The van der Waals surface area contributed by atoms with Crippen molar-refractivity contribution in [1.82, 2.24) is 19.8 Å². The summed E-state index contributed by atoms with van der Waals surface area (Å²) in [6.45, 7) is 0.727. The average molecular weight is 384 g/mol. The van der Waals surface area contributed by atoms with Crippen LogP contribution in [0, 0.1) is 6.92 Å². The van der Waals surface area contributed by atoms with E-state index >= 15 is 0 Å². The number of alkyl halides is 3. The van der Waals surface area contributed by atoms with E-state index in [0.717, 1.165) is 0 Å². The van der Waals surface area contributed by atoms with Crippen LogP contribution in [0.15, 0.2) is 35.3 Å². The SMILES string of the molecule is Cc1ccc(C(=O)N2CCC(C(=O)NCC(F)(F)F)(n3ccnc3)CC2)o1. The molecule has 0 aromatic carbocycles. The summed E-state index contributed by atoms with van der Waals surface area (Å²) in [7, 11) is 0. The Morgan fingerprint density at radius 1 is 1.30 bits per heavy atom. The first-order valence-electron chi connectivity index (χ1n) is 8.40. The number of carbonyl (C=O) groups is 2. The van der Waals surface area contributed by atoms with Crippen LogP contribution in [0.4, 0.5) is 13.2 Å². The van der Waals surface area contributed by atoms with Crippen LogP contribution in [0.2, 0.25) is 0 Å². The standard InChI is InChI=1S/C17H19F3N4O3/c1-12-2-3-13(27-12)14(25)23-7-4-16(5-8-23,24-9-6-21-11-24)15(26)22-10-17(18,19)20/h2-3,6,9,11H,4-5,7-8,10H2,1H3,(H,22,26). The first-order valence-corrected chi connectivity index (χ1v) is 8.40. The number of likely N-dealkylation sites (tertiary alicyclic amines) is 1. The number of hydrogen-bond acceptors (Lipinski definition) is 4. The molecule has 0 unspecified atom stereocenters. The highest BCUT2D eigenvalue weighted by molar-refractivity contribution is 5.92. The van der Waals surface area contributed by atoms with Crippen LogP contribution in [0.1, 0.15) is 29.2 Å². The molecule has 0 aliphatic carbocycles. The molecule has 0 atom stereocenters. The molecule has 146 valence electrons. The summed E-state index contributed by atoms with van der Waals surface area (Å²) in [6.07, 6.45) is 0.236. The Hall–Kier alpha value is -2.78. The van der Waals surface area contributed by atoms with Crippen LogP contribution in [-0.4, -0.2) is 52.1 Å². The molecule has 2 amide bonds. The predicted octanol–water partition coefficient (Wildman–Crippen LogP) is 2.09. The third kappa shape index (κ3) is 3.99. The number of nitrogens with one attached hydrogen (secondary N) is 1. The molecule has 2 aromatic heterocycles. The highest BCUT2D eigenvalue weighted by Gasteiger charge is 2.45. The number of imidazole rings is 1. The molecule has 7 nitrogen and oxygen atoms in total. The van der Waals surface area contributed by atoms with Crippen molar-refractivity contribution in [3.63, 3.8) is 0 Å². The van der Waals surface area contributed by atoms with Gasteiger partial charge >= 0.3 is 6.18 Å². The van der Waals surface area contributed by atoms with Gasteiger partial charge in [-0.1, -0.05) is 0 Å². The van der Waals surface area contributed by atoms with Crippen molar-refractivity contribution in [3.05, 3.63) is 42.4 Å². The lowest BCUT2D eigenvalue weighted by Crippen LogP contribution is -2.56. The number of amides is 2. The van der Waals surface area contributed by atoms with Crippen LogP contribution in [0.5, 0.6) is 0 Å². The molecule has 0 spiro atoms. The Labute approximate surface area is 153 Å². The van der Waals surface area contributed by atoms with E-state index in [1.165, 1.54) is 22.0 Å². The number of aromatic nitrogens is 2. The van der Waals surface area contributed by atoms with E-state index in [9.17, 15) is 22.8 Å². The molecular formula is C17H19F3N4O3. The molecule has 0 radical (unpaired) electrons. The number of nitrogens with zero attached hydrogens (tertiary/aromatic N) is 3. The molecule has 27 heavy (non-hydrogen) atoms. The van der Waals surface area contributed by atoms with Crippen LogP contribution < -0.4 is 5.32 Å². The zero-order valence-electron chi connectivity index (χ0n) is 14.6. The van der Waals surface area contributed by atoms with E-state index in [0.29, 0.717) is 5.76 Å². The zero-order valence-corrected chi connectivity index (χ0v) is 14.6. The van der Waals surface area contributed by atoms with Gasteiger partial charge in [-0.3, -0.25) is 9.59 Å². The van der Waals surface area contributed by atoms with Crippen molar-refractivity contribution in [3.8, 4) is 0 Å². The van der Waals surface area contributed by atoms with Gasteiger partial charge in [0, 0.05) is 25.5 Å². The zero-order chi connectivity index (χ0) is 19.7. The van der Waals surface area contributed by atoms with Crippen LogP contribution in [-0.2, 0) is 10.3 Å². The average Bonchev–Trinajstić information content (AvgIpc) is 3.30. The van der Waals surface area contributed by atoms with E-state index in [-0.39, 0.29) is 37.6 Å². The number of piperidine rings is 1. The quantitative estimate of drug-likeness (QED) is 0.876. The van der Waals surface area contributed by atoms with E-state index in [4.69, 9.17) is 4.42 Å². The maximum Gasteiger partial charge on any atom is 0.405 e. The van der Waals surface area contributed by atoms with Gasteiger partial charge in [0.15, 0.2) is 5.76 Å². The van der Waals surface area contributed by atoms with Gasteiger partial charge in [0.25, 0.3) is 5.91 Å². The summed E-state index contributed by atoms with van der Waals surface area (Å²) in [5.41, 5.74) is -1.22. The second kappa shape index (κ2) is 7.09. The lowest BCUT2D eigenvalue weighted by atomic mass is 9.86. The predicted molar refractivity (Wildman–Crippen MR) is 87.8 cm³/mol. The summed E-state index contributed by atoms with van der Waals surface area (Å²) >= 11 is 0. The van der Waals surface area contributed by atoms with Crippen molar-refractivity contribution < 1.29 is 27.2 Å². The molecule has 0 saturated carbocycles. The molecule has 3 rings (SSSR count). The van der Waals surface area contributed by atoms with Crippen LogP contribution >= 0.6 is 0 Å². The third-order valence-corrected chi connectivity index (χ3v) is 4.70. The molecule has 0 bridgehead atoms. The molecule has 1 aliphatic heterocycles. The minimum absolute atomic E-state index is 0.165. The van der Waals surface area contributed by atoms with Gasteiger partial charge in [-0.15, -0.1) is 0 Å². The normalized spacial score (nSPS) is 17.0. The van der Waals surface area contributed by atoms with E-state index in [2.05, 4.69) is 4.98 Å². The smallest absolute Gasteiger partial charge is 0.405 e. The molecule has 3 heterocycles. The Balaban J connectivity index is 1.75. The van der Waals surface area contributed by atoms with Gasteiger partial charge in [0.05, 0.1) is 6.33 Å². The van der Waals surface area contributed by atoms with Gasteiger partial charge in [-0.2, -0.15) is 13.2 Å². The highest BCUT2D eigenvalue weighted by atomic mass is 19.4. The second-order valence-electron chi connectivity index (χ2n) is 6.50. The number of carbonyl (C=O) groups excluding carboxylic acids is 2. The first kappa shape index (κ1) is 19.0. The number of aryl methyl sites for hydroxylation is 1. The minimum atomic E-state index is -4.50. The van der Waals surface area contributed by atoms with Crippen molar-refractivity contribution in [2.45, 2.75) is 31.5 Å². The molecule has 10 heteroatoms. The molecular weight excluding hydrogens is 365 g/mol. The fraction of sp³-hybridized carbons (Fsp3) is 0.471. The van der Waals surface area contributed by atoms with Gasteiger partial charge in [0.1, 0.15) is 17.8 Å². The van der Waals surface area contributed by atoms with Crippen molar-refractivity contribution >= 4 is 11.8 Å². The summed E-state index contributed by atoms with van der Waals surface area (Å²) in [4.78, 5) is 30.6.